The number of fused-ring (bicyclic) bond motifs is 2. The van der Waals surface area contributed by atoms with Crippen LogP contribution >= 0.6 is 0 Å². The zero-order chi connectivity index (χ0) is 20.0. The maximum atomic E-state index is 14.6. The molecule has 148 valence electrons. The second-order valence-electron chi connectivity index (χ2n) is 7.79. The van der Waals surface area contributed by atoms with Crippen molar-refractivity contribution < 1.29 is 9.50 Å². The molecule has 4 heterocycles. The van der Waals surface area contributed by atoms with Gasteiger partial charge in [-0.3, -0.25) is 0 Å². The Morgan fingerprint density at radius 1 is 1.21 bits per heavy atom. The highest BCUT2D eigenvalue weighted by atomic mass is 19.1. The molecule has 3 aromatic rings. The summed E-state index contributed by atoms with van der Waals surface area (Å²) >= 11 is 0. The molecule has 0 spiro atoms. The van der Waals surface area contributed by atoms with E-state index in [9.17, 15) is 9.50 Å². The van der Waals surface area contributed by atoms with Gasteiger partial charge < -0.3 is 15.0 Å². The Morgan fingerprint density at radius 3 is 2.66 bits per heavy atom. The van der Waals surface area contributed by atoms with Gasteiger partial charge in [-0.2, -0.15) is 0 Å². The van der Waals surface area contributed by atoms with E-state index >= 15 is 0 Å². The minimum absolute atomic E-state index is 0.126. The fourth-order valence-electron chi connectivity index (χ4n) is 4.43. The summed E-state index contributed by atoms with van der Waals surface area (Å²) in [4.78, 5) is 8.21. The van der Waals surface area contributed by atoms with Crippen molar-refractivity contribution in [2.75, 3.05) is 0 Å². The van der Waals surface area contributed by atoms with E-state index in [2.05, 4.69) is 32.1 Å². The lowest BCUT2D eigenvalue weighted by Gasteiger charge is -2.30. The molecule has 2 aliphatic heterocycles. The summed E-state index contributed by atoms with van der Waals surface area (Å²) < 4.78 is 16.0. The average molecular weight is 392 g/mol. The number of aromatic hydroxyl groups is 1. The third-order valence-corrected chi connectivity index (χ3v) is 5.95. The molecule has 2 aliphatic rings. The van der Waals surface area contributed by atoms with E-state index in [1.54, 1.807) is 12.4 Å². The first-order valence-corrected chi connectivity index (χ1v) is 9.74. The predicted octanol–water partition coefficient (Wildman–Crippen LogP) is 3.11. The smallest absolute Gasteiger partial charge is 0.185 e. The Balaban J connectivity index is 1.39. The Kier molecular flexibility index (Phi) is 4.35. The summed E-state index contributed by atoms with van der Waals surface area (Å²) in [5, 5.41) is 22.4. The fourth-order valence-corrected chi connectivity index (χ4v) is 4.43. The van der Waals surface area contributed by atoms with Gasteiger partial charge in [-0.05, 0) is 43.2 Å². The van der Waals surface area contributed by atoms with Gasteiger partial charge in [-0.15, -0.1) is 10.2 Å². The molecule has 5 rings (SSSR count). The number of imidazole rings is 1. The second kappa shape index (κ2) is 7.04. The second-order valence-corrected chi connectivity index (χ2v) is 7.79. The van der Waals surface area contributed by atoms with Crippen molar-refractivity contribution in [2.45, 2.75) is 37.8 Å². The maximum absolute atomic E-state index is 14.6. The number of hydrogen-bond donors (Lipinski definition) is 2. The zero-order valence-electron chi connectivity index (χ0n) is 15.8. The molecular weight excluding hydrogens is 371 g/mol. The lowest BCUT2D eigenvalue weighted by Crippen LogP contribution is -2.38. The number of halogens is 1. The summed E-state index contributed by atoms with van der Waals surface area (Å²) in [6.07, 6.45) is 10.8. The molecule has 3 atom stereocenters. The summed E-state index contributed by atoms with van der Waals surface area (Å²) in [7, 11) is 0. The third-order valence-electron chi connectivity index (χ3n) is 5.95. The van der Waals surface area contributed by atoms with Crippen LogP contribution in [0.3, 0.4) is 0 Å². The average Bonchev–Trinajstić information content (AvgIpc) is 3.38. The molecular formula is C21H21FN6O. The van der Waals surface area contributed by atoms with E-state index in [1.807, 2.05) is 0 Å². The van der Waals surface area contributed by atoms with E-state index in [1.165, 1.54) is 42.1 Å². The van der Waals surface area contributed by atoms with Crippen LogP contribution in [0.5, 0.6) is 5.75 Å². The Morgan fingerprint density at radius 2 is 2.00 bits per heavy atom. The molecule has 0 aliphatic carbocycles. The van der Waals surface area contributed by atoms with Crippen LogP contribution in [-0.4, -0.2) is 41.9 Å². The van der Waals surface area contributed by atoms with Crippen LogP contribution in [-0.2, 0) is 0 Å². The predicted molar refractivity (Wildman–Crippen MR) is 106 cm³/mol. The molecule has 0 amide bonds. The van der Waals surface area contributed by atoms with Gasteiger partial charge in [-0.1, -0.05) is 6.58 Å². The van der Waals surface area contributed by atoms with Gasteiger partial charge >= 0.3 is 0 Å². The quantitative estimate of drug-likeness (QED) is 0.709. The molecule has 2 bridgehead atoms. The van der Waals surface area contributed by atoms with E-state index in [0.29, 0.717) is 23.7 Å². The SMILES string of the molecule is C=C(c1cnc(-c2cc(F)c(-n3ccnc3)cc2O)nn1)C1C[C@H]2CC[C@@H](C1)N2. The van der Waals surface area contributed by atoms with E-state index in [0.717, 1.165) is 18.4 Å². The molecule has 1 aromatic carbocycles. The summed E-state index contributed by atoms with van der Waals surface area (Å²) in [5.41, 5.74) is 1.98. The molecule has 7 nitrogen and oxygen atoms in total. The minimum atomic E-state index is -0.516. The monoisotopic (exact) mass is 392 g/mol. The van der Waals surface area contributed by atoms with E-state index in [-0.39, 0.29) is 22.8 Å². The van der Waals surface area contributed by atoms with Gasteiger partial charge in [0.15, 0.2) is 5.82 Å². The topological polar surface area (TPSA) is 88.8 Å². The van der Waals surface area contributed by atoms with Crippen molar-refractivity contribution in [3.05, 3.63) is 55.1 Å². The first kappa shape index (κ1) is 17.9. The number of phenols is 1. The number of nitrogens with one attached hydrogen (secondary N) is 1. The molecule has 29 heavy (non-hydrogen) atoms. The molecule has 0 radical (unpaired) electrons. The van der Waals surface area contributed by atoms with Crippen LogP contribution in [0.4, 0.5) is 4.39 Å². The number of aromatic nitrogens is 5. The number of hydrogen-bond acceptors (Lipinski definition) is 6. The van der Waals surface area contributed by atoms with Gasteiger partial charge in [0.1, 0.15) is 17.3 Å². The fraction of sp³-hybridized carbons (Fsp3) is 0.333. The molecule has 1 unspecified atom stereocenters. The number of piperidine rings is 1. The number of rotatable bonds is 4. The molecule has 0 saturated carbocycles. The first-order valence-electron chi connectivity index (χ1n) is 9.74. The first-order chi connectivity index (χ1) is 14.1. The van der Waals surface area contributed by atoms with Gasteiger partial charge in [0.05, 0.1) is 23.8 Å². The number of nitrogens with zero attached hydrogens (tertiary/aromatic N) is 5. The van der Waals surface area contributed by atoms with Gasteiger partial charge in [0, 0.05) is 30.5 Å². The van der Waals surface area contributed by atoms with Gasteiger partial charge in [-0.25, -0.2) is 14.4 Å². The summed E-state index contributed by atoms with van der Waals surface area (Å²) in [6.45, 7) is 4.23. The van der Waals surface area contributed by atoms with Gasteiger partial charge in [0.25, 0.3) is 0 Å². The number of allylic oxidation sites excluding steroid dienone is 1. The molecule has 2 fully saturated rings. The van der Waals surface area contributed by atoms with Crippen molar-refractivity contribution in [2.24, 2.45) is 5.92 Å². The minimum Gasteiger partial charge on any atom is -0.507 e. The molecule has 8 heteroatoms. The normalized spacial score (nSPS) is 23.3. The Hall–Kier alpha value is -3.13. The van der Waals surface area contributed by atoms with Crippen LogP contribution in [0.2, 0.25) is 0 Å². The number of benzene rings is 1. The Bertz CT molecular complexity index is 1040. The van der Waals surface area contributed by atoms with Crippen molar-refractivity contribution in [3.8, 4) is 22.8 Å². The maximum Gasteiger partial charge on any atom is 0.185 e. The lowest BCUT2D eigenvalue weighted by atomic mass is 9.85. The van der Waals surface area contributed by atoms with Crippen LogP contribution in [0.25, 0.3) is 22.6 Å². The number of phenolic OH excluding ortho intramolecular Hbond substituents is 1. The van der Waals surface area contributed by atoms with Crippen molar-refractivity contribution in [1.29, 1.82) is 0 Å². The molecule has 2 N–H and O–H groups in total. The largest absolute Gasteiger partial charge is 0.507 e. The van der Waals surface area contributed by atoms with Crippen LogP contribution in [0.15, 0.2) is 43.6 Å². The standard InChI is InChI=1S/C21H21FN6O/c1-12(13-6-14-2-3-15(7-13)25-14)18-10-24-21(27-26-18)16-8-17(22)19(9-20(16)29)28-5-4-23-11-28/h4-5,8-11,13-15,25,29H,1-3,6-7H2/t13?,14-,15+. The van der Waals surface area contributed by atoms with Crippen LogP contribution in [0.1, 0.15) is 31.4 Å². The van der Waals surface area contributed by atoms with Crippen LogP contribution in [0, 0.1) is 11.7 Å². The van der Waals surface area contributed by atoms with Crippen molar-refractivity contribution in [1.82, 2.24) is 30.0 Å². The van der Waals surface area contributed by atoms with Crippen molar-refractivity contribution >= 4 is 5.57 Å². The van der Waals surface area contributed by atoms with E-state index < -0.39 is 5.82 Å². The summed E-state index contributed by atoms with van der Waals surface area (Å²) in [5.74, 6) is -0.104. The summed E-state index contributed by atoms with van der Waals surface area (Å²) in [6, 6.07) is 3.66. The highest BCUT2D eigenvalue weighted by molar-refractivity contribution is 5.67. The van der Waals surface area contributed by atoms with Crippen molar-refractivity contribution in [3.63, 3.8) is 0 Å². The zero-order valence-corrected chi connectivity index (χ0v) is 15.8. The van der Waals surface area contributed by atoms with Gasteiger partial charge in [0.2, 0.25) is 0 Å². The van der Waals surface area contributed by atoms with Crippen LogP contribution < -0.4 is 5.32 Å². The van der Waals surface area contributed by atoms with E-state index in [4.69, 9.17) is 0 Å². The third kappa shape index (κ3) is 3.29. The molecule has 2 saturated heterocycles. The highest BCUT2D eigenvalue weighted by Crippen LogP contribution is 2.37. The lowest BCUT2D eigenvalue weighted by molar-refractivity contribution is 0.351. The molecule has 2 aromatic heterocycles. The highest BCUT2D eigenvalue weighted by Gasteiger charge is 2.35. The Labute approximate surface area is 167 Å².